The number of fused-ring (bicyclic) bond motifs is 1. The summed E-state index contributed by atoms with van der Waals surface area (Å²) >= 11 is 0. The van der Waals surface area contributed by atoms with Crippen LogP contribution in [-0.4, -0.2) is 5.11 Å². The van der Waals surface area contributed by atoms with Crippen molar-refractivity contribution in [3.05, 3.63) is 64.1 Å². The van der Waals surface area contributed by atoms with Crippen molar-refractivity contribution in [2.45, 2.75) is 39.5 Å². The molecule has 0 atom stereocenters. The standard InChI is InChI=1S/C19H22O3/c1-6-19(4,5)15-10-14-9-13(8-7-12(2)3)16(20)11-17(14)22-18(15)21/h6-7,9-11,20H,1,8H2,2-5H3. The van der Waals surface area contributed by atoms with Gasteiger partial charge in [-0.25, -0.2) is 4.79 Å². The van der Waals surface area contributed by atoms with Gasteiger partial charge in [-0.15, -0.1) is 6.58 Å². The zero-order valence-corrected chi connectivity index (χ0v) is 13.6. The van der Waals surface area contributed by atoms with Gasteiger partial charge >= 0.3 is 5.63 Å². The van der Waals surface area contributed by atoms with Gasteiger partial charge in [0, 0.05) is 22.4 Å². The van der Waals surface area contributed by atoms with Gasteiger partial charge in [-0.1, -0.05) is 31.6 Å². The van der Waals surface area contributed by atoms with E-state index in [2.05, 4.69) is 12.7 Å². The van der Waals surface area contributed by atoms with Crippen molar-refractivity contribution in [3.8, 4) is 5.75 Å². The van der Waals surface area contributed by atoms with Crippen LogP contribution in [0.2, 0.25) is 0 Å². The van der Waals surface area contributed by atoms with Crippen LogP contribution in [0, 0.1) is 0 Å². The Balaban J connectivity index is 2.64. The Hall–Kier alpha value is -2.29. The van der Waals surface area contributed by atoms with Crippen LogP contribution in [0.3, 0.4) is 0 Å². The Morgan fingerprint density at radius 2 is 2.00 bits per heavy atom. The van der Waals surface area contributed by atoms with E-state index in [9.17, 15) is 9.90 Å². The summed E-state index contributed by atoms with van der Waals surface area (Å²) in [7, 11) is 0. The molecule has 3 heteroatoms. The average molecular weight is 298 g/mol. The van der Waals surface area contributed by atoms with E-state index in [1.54, 1.807) is 6.08 Å². The highest BCUT2D eigenvalue weighted by Crippen LogP contribution is 2.29. The zero-order chi connectivity index (χ0) is 16.5. The summed E-state index contributed by atoms with van der Waals surface area (Å²) in [4.78, 5) is 12.1. The molecule has 0 bridgehead atoms. The Labute approximate surface area is 130 Å². The monoisotopic (exact) mass is 298 g/mol. The topological polar surface area (TPSA) is 50.4 Å². The molecule has 0 aliphatic rings. The second-order valence-electron chi connectivity index (χ2n) is 6.38. The Kier molecular flexibility index (Phi) is 4.27. The highest BCUT2D eigenvalue weighted by Gasteiger charge is 2.22. The molecule has 3 nitrogen and oxygen atoms in total. The third-order valence-corrected chi connectivity index (χ3v) is 3.87. The van der Waals surface area contributed by atoms with Crippen molar-refractivity contribution in [2.75, 3.05) is 0 Å². The fourth-order valence-electron chi connectivity index (χ4n) is 2.24. The number of hydrogen-bond donors (Lipinski definition) is 1. The van der Waals surface area contributed by atoms with Crippen LogP contribution in [0.15, 0.2) is 51.7 Å². The summed E-state index contributed by atoms with van der Waals surface area (Å²) in [6.45, 7) is 11.7. The predicted molar refractivity (Wildman–Crippen MR) is 90.5 cm³/mol. The number of hydrogen-bond acceptors (Lipinski definition) is 3. The summed E-state index contributed by atoms with van der Waals surface area (Å²) < 4.78 is 5.36. The van der Waals surface area contributed by atoms with E-state index in [-0.39, 0.29) is 5.75 Å². The van der Waals surface area contributed by atoms with E-state index in [1.807, 2.05) is 39.8 Å². The predicted octanol–water partition coefficient (Wildman–Crippen LogP) is 4.47. The van der Waals surface area contributed by atoms with Crippen LogP contribution in [-0.2, 0) is 11.8 Å². The molecule has 0 spiro atoms. The number of phenolic OH excluding ortho intramolecular Hbond substituents is 1. The second kappa shape index (κ2) is 5.84. The van der Waals surface area contributed by atoms with Crippen LogP contribution in [0.25, 0.3) is 11.0 Å². The number of phenols is 1. The minimum Gasteiger partial charge on any atom is -0.508 e. The smallest absolute Gasteiger partial charge is 0.340 e. The van der Waals surface area contributed by atoms with E-state index in [0.29, 0.717) is 17.6 Å². The molecule has 0 amide bonds. The quantitative estimate of drug-likeness (QED) is 0.669. The van der Waals surface area contributed by atoms with Gasteiger partial charge in [0.25, 0.3) is 0 Å². The maximum absolute atomic E-state index is 12.1. The van der Waals surface area contributed by atoms with Gasteiger partial charge in [-0.2, -0.15) is 0 Å². The molecule has 0 unspecified atom stereocenters. The molecule has 0 fully saturated rings. The van der Waals surface area contributed by atoms with Gasteiger partial charge in [-0.05, 0) is 38.0 Å². The maximum Gasteiger partial charge on any atom is 0.340 e. The molecule has 1 aromatic heterocycles. The molecule has 0 radical (unpaired) electrons. The first-order valence-corrected chi connectivity index (χ1v) is 7.32. The summed E-state index contributed by atoms with van der Waals surface area (Å²) in [5.41, 5.74) is 2.10. The molecule has 2 aromatic rings. The minimum atomic E-state index is -0.466. The van der Waals surface area contributed by atoms with E-state index in [4.69, 9.17) is 4.42 Å². The van der Waals surface area contributed by atoms with Crippen LogP contribution >= 0.6 is 0 Å². The minimum absolute atomic E-state index is 0.142. The lowest BCUT2D eigenvalue weighted by molar-refractivity contribution is 0.466. The third kappa shape index (κ3) is 3.14. The Morgan fingerprint density at radius 1 is 1.32 bits per heavy atom. The number of benzene rings is 1. The summed E-state index contributed by atoms with van der Waals surface area (Å²) in [6, 6.07) is 5.21. The molecule has 2 rings (SSSR count). The first kappa shape index (κ1) is 16.1. The molecule has 0 aliphatic carbocycles. The van der Waals surface area contributed by atoms with Crippen LogP contribution in [0.1, 0.15) is 38.8 Å². The molecule has 1 aromatic carbocycles. The SMILES string of the molecule is C=CC(C)(C)c1cc2cc(CC=C(C)C)c(O)cc2oc1=O. The first-order chi connectivity index (χ1) is 10.2. The largest absolute Gasteiger partial charge is 0.508 e. The number of allylic oxidation sites excluding steroid dienone is 3. The zero-order valence-electron chi connectivity index (χ0n) is 13.6. The highest BCUT2D eigenvalue weighted by atomic mass is 16.4. The van der Waals surface area contributed by atoms with Gasteiger partial charge in [0.05, 0.1) is 0 Å². The molecule has 0 aliphatic heterocycles. The molecular weight excluding hydrogens is 276 g/mol. The van der Waals surface area contributed by atoms with Crippen molar-refractivity contribution >= 4 is 11.0 Å². The van der Waals surface area contributed by atoms with E-state index >= 15 is 0 Å². The van der Waals surface area contributed by atoms with Crippen LogP contribution in [0.4, 0.5) is 0 Å². The van der Waals surface area contributed by atoms with Crippen molar-refractivity contribution in [1.29, 1.82) is 0 Å². The Bertz CT molecular complexity index is 803. The van der Waals surface area contributed by atoms with Crippen molar-refractivity contribution in [2.24, 2.45) is 0 Å². The molecule has 0 saturated heterocycles. The summed E-state index contributed by atoms with van der Waals surface area (Å²) in [5, 5.41) is 10.9. The van der Waals surface area contributed by atoms with Gasteiger partial charge in [0.2, 0.25) is 0 Å². The molecule has 0 saturated carbocycles. The summed E-state index contributed by atoms with van der Waals surface area (Å²) in [6.07, 6.45) is 4.42. The van der Waals surface area contributed by atoms with Crippen molar-refractivity contribution in [3.63, 3.8) is 0 Å². The molecule has 22 heavy (non-hydrogen) atoms. The van der Waals surface area contributed by atoms with Crippen LogP contribution < -0.4 is 5.63 Å². The lowest BCUT2D eigenvalue weighted by atomic mass is 9.85. The first-order valence-electron chi connectivity index (χ1n) is 7.32. The van der Waals surface area contributed by atoms with Crippen molar-refractivity contribution in [1.82, 2.24) is 0 Å². The van der Waals surface area contributed by atoms with Gasteiger partial charge in [0.15, 0.2) is 0 Å². The molecule has 1 heterocycles. The number of rotatable bonds is 4. The normalized spacial score (nSPS) is 11.5. The number of aromatic hydroxyl groups is 1. The van der Waals surface area contributed by atoms with Gasteiger partial charge in [-0.3, -0.25) is 0 Å². The van der Waals surface area contributed by atoms with Crippen molar-refractivity contribution < 1.29 is 9.52 Å². The third-order valence-electron chi connectivity index (χ3n) is 3.87. The van der Waals surface area contributed by atoms with E-state index < -0.39 is 11.0 Å². The van der Waals surface area contributed by atoms with Gasteiger partial charge in [0.1, 0.15) is 11.3 Å². The van der Waals surface area contributed by atoms with Crippen LogP contribution in [0.5, 0.6) is 5.75 Å². The Morgan fingerprint density at radius 3 is 2.59 bits per heavy atom. The molecule has 116 valence electrons. The lowest BCUT2D eigenvalue weighted by Crippen LogP contribution is -2.22. The fourth-order valence-corrected chi connectivity index (χ4v) is 2.24. The molecule has 1 N–H and O–H groups in total. The fraction of sp³-hybridized carbons (Fsp3) is 0.316. The maximum atomic E-state index is 12.1. The lowest BCUT2D eigenvalue weighted by Gasteiger charge is -2.19. The van der Waals surface area contributed by atoms with E-state index in [0.717, 1.165) is 10.9 Å². The molecular formula is C19H22O3. The average Bonchev–Trinajstić information content (AvgIpc) is 2.44. The van der Waals surface area contributed by atoms with Gasteiger partial charge < -0.3 is 9.52 Å². The second-order valence-corrected chi connectivity index (χ2v) is 6.38. The summed E-state index contributed by atoms with van der Waals surface area (Å²) in [5.74, 6) is 0.142. The highest BCUT2D eigenvalue weighted by molar-refractivity contribution is 5.80. The van der Waals surface area contributed by atoms with E-state index in [1.165, 1.54) is 11.6 Å².